The normalized spacial score (nSPS) is 11.0. The number of hydrogen-bond acceptors (Lipinski definition) is 4. The summed E-state index contributed by atoms with van der Waals surface area (Å²) in [5, 5.41) is 9.21. The smallest absolute Gasteiger partial charge is 0.144 e. The third-order valence-electron chi connectivity index (χ3n) is 4.67. The van der Waals surface area contributed by atoms with E-state index in [9.17, 15) is 5.11 Å². The maximum absolute atomic E-state index is 9.21. The van der Waals surface area contributed by atoms with E-state index in [4.69, 9.17) is 16.2 Å². The molecule has 0 radical (unpaired) electrons. The van der Waals surface area contributed by atoms with E-state index in [2.05, 4.69) is 6.92 Å². The number of nitrogen functional groups attached to an aromatic ring is 2. The Bertz CT molecular complexity index is 463. The molecule has 0 saturated heterocycles. The van der Waals surface area contributed by atoms with Crippen molar-refractivity contribution in [2.24, 2.45) is 0 Å². The lowest BCUT2D eigenvalue weighted by atomic mass is 10.1. The van der Waals surface area contributed by atoms with Crippen molar-refractivity contribution in [3.05, 3.63) is 17.7 Å². The van der Waals surface area contributed by atoms with Crippen LogP contribution in [0.2, 0.25) is 0 Å². The molecule has 4 heteroatoms. The summed E-state index contributed by atoms with van der Waals surface area (Å²) in [5.74, 6) is 0.590. The predicted molar refractivity (Wildman–Crippen MR) is 108 cm³/mol. The largest absolute Gasteiger partial charge is 0.491 e. The average Bonchev–Trinajstić information content (AvgIpc) is 2.62. The third kappa shape index (κ3) is 9.59. The Kier molecular flexibility index (Phi) is 12.0. The quantitative estimate of drug-likeness (QED) is 0.291. The van der Waals surface area contributed by atoms with Crippen LogP contribution in [0.15, 0.2) is 12.1 Å². The standard InChI is InChI=1S/C21H38N2O2/c1-2-3-4-5-6-7-8-9-10-11-12-13-14-25-20-16-18(17-24)15-19(22)21(20)23/h15-16,24H,2-14,17,22-23H2,1H3. The molecule has 0 aliphatic heterocycles. The lowest BCUT2D eigenvalue weighted by Crippen LogP contribution is -2.04. The van der Waals surface area contributed by atoms with Gasteiger partial charge < -0.3 is 21.3 Å². The predicted octanol–water partition coefficient (Wildman–Crippen LogP) is 5.42. The maximum Gasteiger partial charge on any atom is 0.144 e. The van der Waals surface area contributed by atoms with Crippen molar-refractivity contribution in [3.8, 4) is 5.75 Å². The Labute approximate surface area is 153 Å². The Hall–Kier alpha value is -1.42. The van der Waals surface area contributed by atoms with E-state index in [1.807, 2.05) is 0 Å². The van der Waals surface area contributed by atoms with Crippen molar-refractivity contribution < 1.29 is 9.84 Å². The molecule has 144 valence electrons. The van der Waals surface area contributed by atoms with Gasteiger partial charge in [0.1, 0.15) is 5.75 Å². The summed E-state index contributed by atoms with van der Waals surface area (Å²) in [6.07, 6.45) is 15.9. The molecule has 0 amide bonds. The summed E-state index contributed by atoms with van der Waals surface area (Å²) >= 11 is 0. The molecule has 1 aromatic rings. The van der Waals surface area contributed by atoms with Crippen LogP contribution in [0.25, 0.3) is 0 Å². The molecule has 0 aliphatic carbocycles. The Morgan fingerprint density at radius 1 is 0.800 bits per heavy atom. The fourth-order valence-electron chi connectivity index (χ4n) is 3.04. The molecular formula is C21H38N2O2. The second-order valence-electron chi connectivity index (χ2n) is 6.99. The highest BCUT2D eigenvalue weighted by Gasteiger charge is 2.06. The zero-order valence-corrected chi connectivity index (χ0v) is 16.1. The minimum absolute atomic E-state index is 0.0561. The molecule has 1 rings (SSSR count). The second-order valence-corrected chi connectivity index (χ2v) is 6.99. The lowest BCUT2D eigenvalue weighted by Gasteiger charge is -2.12. The molecule has 5 N–H and O–H groups in total. The third-order valence-corrected chi connectivity index (χ3v) is 4.67. The van der Waals surface area contributed by atoms with Gasteiger partial charge in [0.05, 0.1) is 24.6 Å². The first-order valence-corrected chi connectivity index (χ1v) is 10.1. The van der Waals surface area contributed by atoms with Crippen molar-refractivity contribution in [3.63, 3.8) is 0 Å². The fraction of sp³-hybridized carbons (Fsp3) is 0.714. The van der Waals surface area contributed by atoms with Crippen LogP contribution in [0, 0.1) is 0 Å². The van der Waals surface area contributed by atoms with Gasteiger partial charge in [-0.05, 0) is 24.1 Å². The van der Waals surface area contributed by atoms with Crippen LogP contribution in [-0.4, -0.2) is 11.7 Å². The zero-order valence-electron chi connectivity index (χ0n) is 16.1. The van der Waals surface area contributed by atoms with Gasteiger partial charge in [-0.3, -0.25) is 0 Å². The summed E-state index contributed by atoms with van der Waals surface area (Å²) < 4.78 is 5.74. The number of aliphatic hydroxyl groups excluding tert-OH is 1. The van der Waals surface area contributed by atoms with E-state index < -0.39 is 0 Å². The molecule has 0 aliphatic rings. The molecule has 0 heterocycles. The van der Waals surface area contributed by atoms with E-state index in [-0.39, 0.29) is 6.61 Å². The molecule has 0 bridgehead atoms. The number of anilines is 2. The number of nitrogens with two attached hydrogens (primary N) is 2. The fourth-order valence-corrected chi connectivity index (χ4v) is 3.04. The average molecular weight is 351 g/mol. The maximum atomic E-state index is 9.21. The highest BCUT2D eigenvalue weighted by Crippen LogP contribution is 2.29. The molecular weight excluding hydrogens is 312 g/mol. The second kappa shape index (κ2) is 13.8. The van der Waals surface area contributed by atoms with E-state index in [0.29, 0.717) is 23.7 Å². The monoisotopic (exact) mass is 350 g/mol. The summed E-state index contributed by atoms with van der Waals surface area (Å²) in [6, 6.07) is 3.46. The van der Waals surface area contributed by atoms with Crippen LogP contribution in [0.5, 0.6) is 5.75 Å². The van der Waals surface area contributed by atoms with Crippen molar-refractivity contribution in [2.45, 2.75) is 90.6 Å². The number of hydrogen-bond donors (Lipinski definition) is 3. The summed E-state index contributed by atoms with van der Waals surface area (Å²) in [6.45, 7) is 2.86. The number of ether oxygens (including phenoxy) is 1. The first-order valence-electron chi connectivity index (χ1n) is 10.1. The molecule has 0 aromatic heterocycles. The van der Waals surface area contributed by atoms with Gasteiger partial charge in [0, 0.05) is 0 Å². The number of aliphatic hydroxyl groups is 1. The highest BCUT2D eigenvalue weighted by atomic mass is 16.5. The molecule has 4 nitrogen and oxygen atoms in total. The lowest BCUT2D eigenvalue weighted by molar-refractivity contribution is 0.278. The van der Waals surface area contributed by atoms with Crippen LogP contribution in [-0.2, 0) is 6.61 Å². The molecule has 0 saturated carbocycles. The number of unbranched alkanes of at least 4 members (excludes halogenated alkanes) is 11. The molecule has 0 fully saturated rings. The SMILES string of the molecule is CCCCCCCCCCCCCCOc1cc(CO)cc(N)c1N. The van der Waals surface area contributed by atoms with Gasteiger partial charge in [-0.2, -0.15) is 0 Å². The minimum atomic E-state index is -0.0561. The Morgan fingerprint density at radius 2 is 1.32 bits per heavy atom. The van der Waals surface area contributed by atoms with E-state index in [0.717, 1.165) is 12.0 Å². The Balaban J connectivity index is 2.00. The first-order chi connectivity index (χ1) is 12.2. The first kappa shape index (κ1) is 21.6. The van der Waals surface area contributed by atoms with Crippen molar-refractivity contribution in [1.29, 1.82) is 0 Å². The van der Waals surface area contributed by atoms with Crippen molar-refractivity contribution in [2.75, 3.05) is 18.1 Å². The van der Waals surface area contributed by atoms with E-state index in [1.54, 1.807) is 12.1 Å². The van der Waals surface area contributed by atoms with Gasteiger partial charge in [-0.1, -0.05) is 77.6 Å². The van der Waals surface area contributed by atoms with Crippen LogP contribution in [0.4, 0.5) is 11.4 Å². The molecule has 0 unspecified atom stereocenters. The van der Waals surface area contributed by atoms with Gasteiger partial charge in [0.15, 0.2) is 0 Å². The van der Waals surface area contributed by atoms with Gasteiger partial charge in [0.2, 0.25) is 0 Å². The minimum Gasteiger partial charge on any atom is -0.491 e. The van der Waals surface area contributed by atoms with Crippen LogP contribution in [0.1, 0.15) is 89.5 Å². The zero-order chi connectivity index (χ0) is 18.3. The van der Waals surface area contributed by atoms with E-state index in [1.165, 1.54) is 70.6 Å². The molecule has 0 atom stereocenters. The van der Waals surface area contributed by atoms with Gasteiger partial charge in [-0.15, -0.1) is 0 Å². The van der Waals surface area contributed by atoms with Gasteiger partial charge >= 0.3 is 0 Å². The van der Waals surface area contributed by atoms with Crippen LogP contribution in [0.3, 0.4) is 0 Å². The summed E-state index contributed by atoms with van der Waals surface area (Å²) in [7, 11) is 0. The van der Waals surface area contributed by atoms with Crippen molar-refractivity contribution in [1.82, 2.24) is 0 Å². The summed E-state index contributed by atoms with van der Waals surface area (Å²) in [4.78, 5) is 0. The van der Waals surface area contributed by atoms with Crippen LogP contribution < -0.4 is 16.2 Å². The molecule has 0 spiro atoms. The van der Waals surface area contributed by atoms with Crippen LogP contribution >= 0.6 is 0 Å². The topological polar surface area (TPSA) is 81.5 Å². The molecule has 25 heavy (non-hydrogen) atoms. The highest BCUT2D eigenvalue weighted by molar-refractivity contribution is 5.71. The molecule has 1 aromatic carbocycles. The van der Waals surface area contributed by atoms with Gasteiger partial charge in [0.25, 0.3) is 0 Å². The van der Waals surface area contributed by atoms with E-state index >= 15 is 0 Å². The number of rotatable bonds is 15. The van der Waals surface area contributed by atoms with Crippen molar-refractivity contribution >= 4 is 11.4 Å². The van der Waals surface area contributed by atoms with Gasteiger partial charge in [-0.25, -0.2) is 0 Å². The summed E-state index contributed by atoms with van der Waals surface area (Å²) in [5.41, 5.74) is 13.4. The Morgan fingerprint density at radius 3 is 1.84 bits per heavy atom. The number of benzene rings is 1.